The van der Waals surface area contributed by atoms with Crippen LogP contribution in [0.2, 0.25) is 0 Å². The van der Waals surface area contributed by atoms with E-state index in [1.165, 1.54) is 11.8 Å². The first-order valence-electron chi connectivity index (χ1n) is 6.79. The zero-order chi connectivity index (χ0) is 15.9. The number of carbonyl (C=O) groups is 1. The molecular weight excluding hydrogens is 366 g/mol. The first-order chi connectivity index (χ1) is 10.4. The molecule has 0 N–H and O–H groups in total. The van der Waals surface area contributed by atoms with E-state index in [4.69, 9.17) is 0 Å². The molecule has 1 aliphatic rings. The number of hydrogen-bond donors (Lipinski definition) is 0. The predicted octanol–water partition coefficient (Wildman–Crippen LogP) is 3.30. The molecule has 2 aromatic carbocycles. The lowest BCUT2D eigenvalue weighted by Gasteiger charge is -2.23. The van der Waals surface area contributed by atoms with Gasteiger partial charge in [-0.05, 0) is 36.8 Å². The Morgan fingerprint density at radius 1 is 1.00 bits per heavy atom. The second-order valence-electron chi connectivity index (χ2n) is 5.18. The van der Waals surface area contributed by atoms with E-state index in [2.05, 4.69) is 15.9 Å². The van der Waals surface area contributed by atoms with Gasteiger partial charge in [0.1, 0.15) is 5.25 Å². The van der Waals surface area contributed by atoms with Crippen molar-refractivity contribution in [2.75, 3.05) is 4.90 Å². The standard InChI is InChI=1S/C16H14BrNO3S/c1-11-15(19)18(14-5-3-2-4-6-14)16(22(11,20)21)12-7-9-13(17)10-8-12/h2-11,16H,1H3/t11-,16+/m0/s1. The minimum Gasteiger partial charge on any atom is -0.289 e. The van der Waals surface area contributed by atoms with E-state index in [1.807, 2.05) is 6.07 Å². The molecule has 1 amide bonds. The normalized spacial score (nSPS) is 23.7. The van der Waals surface area contributed by atoms with Gasteiger partial charge in [0, 0.05) is 10.2 Å². The van der Waals surface area contributed by atoms with E-state index < -0.39 is 20.5 Å². The van der Waals surface area contributed by atoms with Gasteiger partial charge in [0.2, 0.25) is 5.91 Å². The van der Waals surface area contributed by atoms with Gasteiger partial charge in [-0.25, -0.2) is 8.42 Å². The number of nitrogens with zero attached hydrogens (tertiary/aromatic N) is 1. The molecule has 0 aliphatic carbocycles. The van der Waals surface area contributed by atoms with Crippen molar-refractivity contribution in [2.24, 2.45) is 0 Å². The molecule has 6 heteroatoms. The Hall–Kier alpha value is -1.66. The quantitative estimate of drug-likeness (QED) is 0.804. The van der Waals surface area contributed by atoms with Gasteiger partial charge < -0.3 is 0 Å². The lowest BCUT2D eigenvalue weighted by molar-refractivity contribution is -0.117. The molecule has 2 aromatic rings. The number of benzene rings is 2. The maximum Gasteiger partial charge on any atom is 0.246 e. The van der Waals surface area contributed by atoms with Crippen LogP contribution in [0.25, 0.3) is 0 Å². The van der Waals surface area contributed by atoms with Crippen LogP contribution >= 0.6 is 15.9 Å². The number of hydrogen-bond acceptors (Lipinski definition) is 3. The summed E-state index contributed by atoms with van der Waals surface area (Å²) in [6.45, 7) is 1.45. The zero-order valence-electron chi connectivity index (χ0n) is 11.8. The SMILES string of the molecule is C[C@H]1C(=O)N(c2ccccc2)[C@@H](c2ccc(Br)cc2)S1(=O)=O. The molecular formula is C16H14BrNO3S. The van der Waals surface area contributed by atoms with Crippen LogP contribution in [0.5, 0.6) is 0 Å². The highest BCUT2D eigenvalue weighted by molar-refractivity contribution is 9.10. The monoisotopic (exact) mass is 379 g/mol. The molecule has 2 atom stereocenters. The van der Waals surface area contributed by atoms with Crippen molar-refractivity contribution in [3.8, 4) is 0 Å². The maximum absolute atomic E-state index is 12.7. The van der Waals surface area contributed by atoms with E-state index in [9.17, 15) is 13.2 Å². The number of amides is 1. The largest absolute Gasteiger partial charge is 0.289 e. The minimum atomic E-state index is -3.62. The molecule has 0 bridgehead atoms. The summed E-state index contributed by atoms with van der Waals surface area (Å²) >= 11 is 3.34. The van der Waals surface area contributed by atoms with Crippen LogP contribution in [-0.2, 0) is 14.6 Å². The Morgan fingerprint density at radius 3 is 2.18 bits per heavy atom. The summed E-state index contributed by atoms with van der Waals surface area (Å²) in [6, 6.07) is 15.9. The number of sulfone groups is 1. The molecule has 22 heavy (non-hydrogen) atoms. The number of carbonyl (C=O) groups excluding carboxylic acids is 1. The topological polar surface area (TPSA) is 54.5 Å². The third kappa shape index (κ3) is 2.36. The molecule has 0 unspecified atom stereocenters. The van der Waals surface area contributed by atoms with E-state index in [0.29, 0.717) is 11.3 Å². The van der Waals surface area contributed by atoms with E-state index >= 15 is 0 Å². The van der Waals surface area contributed by atoms with Crippen LogP contribution in [0.1, 0.15) is 17.9 Å². The van der Waals surface area contributed by atoms with Gasteiger partial charge in [-0.3, -0.25) is 9.69 Å². The van der Waals surface area contributed by atoms with Gasteiger partial charge in [0.15, 0.2) is 15.2 Å². The Bertz CT molecular complexity index is 803. The van der Waals surface area contributed by atoms with Crippen molar-refractivity contribution in [3.63, 3.8) is 0 Å². The highest BCUT2D eigenvalue weighted by Crippen LogP contribution is 2.40. The molecule has 0 aromatic heterocycles. The Labute approximate surface area is 137 Å². The summed E-state index contributed by atoms with van der Waals surface area (Å²) in [5.41, 5.74) is 1.18. The predicted molar refractivity (Wildman–Crippen MR) is 89.2 cm³/mol. The van der Waals surface area contributed by atoms with Crippen molar-refractivity contribution in [1.29, 1.82) is 0 Å². The fourth-order valence-electron chi connectivity index (χ4n) is 2.61. The molecule has 1 aliphatic heterocycles. The molecule has 0 spiro atoms. The first kappa shape index (κ1) is 15.2. The summed E-state index contributed by atoms with van der Waals surface area (Å²) in [4.78, 5) is 13.9. The van der Waals surface area contributed by atoms with Gasteiger partial charge in [-0.15, -0.1) is 0 Å². The van der Waals surface area contributed by atoms with Gasteiger partial charge in [0.25, 0.3) is 0 Å². The van der Waals surface area contributed by atoms with Crippen molar-refractivity contribution >= 4 is 37.4 Å². The lowest BCUT2D eigenvalue weighted by Crippen LogP contribution is -2.30. The summed E-state index contributed by atoms with van der Waals surface area (Å²) in [5, 5.41) is -2.02. The molecule has 4 nitrogen and oxygen atoms in total. The average molecular weight is 380 g/mol. The molecule has 0 saturated carbocycles. The number of rotatable bonds is 2. The second kappa shape index (κ2) is 5.52. The average Bonchev–Trinajstić information content (AvgIpc) is 2.69. The molecule has 1 heterocycles. The summed E-state index contributed by atoms with van der Waals surface area (Å²) in [6.07, 6.45) is 0. The number of anilines is 1. The second-order valence-corrected chi connectivity index (χ2v) is 8.43. The first-order valence-corrected chi connectivity index (χ1v) is 9.19. The van der Waals surface area contributed by atoms with Crippen molar-refractivity contribution in [2.45, 2.75) is 17.5 Å². The third-order valence-electron chi connectivity index (χ3n) is 3.81. The number of halogens is 1. The van der Waals surface area contributed by atoms with Crippen molar-refractivity contribution in [3.05, 3.63) is 64.6 Å². The lowest BCUT2D eigenvalue weighted by atomic mass is 10.2. The molecule has 1 saturated heterocycles. The summed E-state index contributed by atoms with van der Waals surface area (Å²) < 4.78 is 26.3. The highest BCUT2D eigenvalue weighted by Gasteiger charge is 2.51. The van der Waals surface area contributed by atoms with Crippen LogP contribution < -0.4 is 4.90 Å². The van der Waals surface area contributed by atoms with Crippen molar-refractivity contribution in [1.82, 2.24) is 0 Å². The van der Waals surface area contributed by atoms with Gasteiger partial charge >= 0.3 is 0 Å². The van der Waals surface area contributed by atoms with Crippen molar-refractivity contribution < 1.29 is 13.2 Å². The Morgan fingerprint density at radius 2 is 1.59 bits per heavy atom. The fraction of sp³-hybridized carbons (Fsp3) is 0.188. The van der Waals surface area contributed by atoms with Crippen LogP contribution in [0, 0.1) is 0 Å². The van der Waals surface area contributed by atoms with E-state index in [1.54, 1.807) is 48.5 Å². The maximum atomic E-state index is 12.7. The minimum absolute atomic E-state index is 0.390. The fourth-order valence-corrected chi connectivity index (χ4v) is 4.71. The van der Waals surface area contributed by atoms with Gasteiger partial charge in [-0.1, -0.05) is 46.3 Å². The molecule has 1 fully saturated rings. The summed E-state index contributed by atoms with van der Waals surface area (Å²) in [7, 11) is -3.62. The van der Waals surface area contributed by atoms with E-state index in [0.717, 1.165) is 4.47 Å². The zero-order valence-corrected chi connectivity index (χ0v) is 14.2. The third-order valence-corrected chi connectivity index (χ3v) is 6.63. The van der Waals surface area contributed by atoms with Gasteiger partial charge in [0.05, 0.1) is 0 Å². The molecule has 114 valence electrons. The molecule has 3 rings (SSSR count). The summed E-state index contributed by atoms with van der Waals surface area (Å²) in [5.74, 6) is -0.390. The van der Waals surface area contributed by atoms with Crippen LogP contribution in [-0.4, -0.2) is 19.6 Å². The Balaban J connectivity index is 2.18. The smallest absolute Gasteiger partial charge is 0.246 e. The van der Waals surface area contributed by atoms with Crippen LogP contribution in [0.3, 0.4) is 0 Å². The number of para-hydroxylation sites is 1. The van der Waals surface area contributed by atoms with Crippen LogP contribution in [0.4, 0.5) is 5.69 Å². The van der Waals surface area contributed by atoms with Gasteiger partial charge in [-0.2, -0.15) is 0 Å². The Kier molecular flexibility index (Phi) is 3.82. The van der Waals surface area contributed by atoms with Crippen LogP contribution in [0.15, 0.2) is 59.1 Å². The highest BCUT2D eigenvalue weighted by atomic mass is 79.9. The van der Waals surface area contributed by atoms with E-state index in [-0.39, 0.29) is 5.91 Å². The molecule has 0 radical (unpaired) electrons.